The van der Waals surface area contributed by atoms with E-state index >= 15 is 0 Å². The van der Waals surface area contributed by atoms with E-state index in [1.807, 2.05) is 18.5 Å². The first-order valence-electron chi connectivity index (χ1n) is 9.88. The zero-order valence-electron chi connectivity index (χ0n) is 18.5. The van der Waals surface area contributed by atoms with E-state index in [1.165, 1.54) is 4.90 Å². The Labute approximate surface area is 177 Å². The number of rotatable bonds is 8. The van der Waals surface area contributed by atoms with Crippen LogP contribution in [0.15, 0.2) is 24.3 Å². The first-order valence-corrected chi connectivity index (χ1v) is 9.88. The molecule has 0 unspecified atom stereocenters. The molecule has 0 spiro atoms. The number of nitrogens with zero attached hydrogens (tertiary/aromatic N) is 3. The molecule has 1 N–H and O–H groups in total. The van der Waals surface area contributed by atoms with Crippen molar-refractivity contribution in [1.82, 2.24) is 14.7 Å². The van der Waals surface area contributed by atoms with Gasteiger partial charge in [0.1, 0.15) is 0 Å². The molecular formula is C22H30N4O4. The minimum absolute atomic E-state index is 0.0738. The molecule has 0 aliphatic carbocycles. The summed E-state index contributed by atoms with van der Waals surface area (Å²) in [6.07, 6.45) is 0.0738. The maximum Gasteiger partial charge on any atom is 0.310 e. The second kappa shape index (κ2) is 10.0. The van der Waals surface area contributed by atoms with Crippen molar-refractivity contribution in [2.45, 2.75) is 40.7 Å². The lowest BCUT2D eigenvalue weighted by Gasteiger charge is -2.11. The number of ether oxygens (including phenoxy) is 1. The average molecular weight is 415 g/mol. The monoisotopic (exact) mass is 414 g/mol. The number of carbonyl (C=O) groups is 3. The third kappa shape index (κ3) is 6.17. The normalized spacial score (nSPS) is 10.8. The summed E-state index contributed by atoms with van der Waals surface area (Å²) in [5.74, 6) is -0.600. The number of carbonyl (C=O) groups excluding carboxylic acids is 3. The Kier molecular flexibility index (Phi) is 7.74. The van der Waals surface area contributed by atoms with Crippen LogP contribution < -0.4 is 5.32 Å². The third-order valence-electron chi connectivity index (χ3n) is 4.58. The number of aryl methyl sites for hydroxylation is 1. The van der Waals surface area contributed by atoms with E-state index in [0.29, 0.717) is 17.2 Å². The maximum atomic E-state index is 12.2. The zero-order valence-corrected chi connectivity index (χ0v) is 18.5. The lowest BCUT2D eigenvalue weighted by Crippen LogP contribution is -2.23. The fourth-order valence-electron chi connectivity index (χ4n) is 3.01. The Bertz CT molecular complexity index is 914. The van der Waals surface area contributed by atoms with Gasteiger partial charge in [0, 0.05) is 43.1 Å². The quantitative estimate of drug-likeness (QED) is 0.670. The Morgan fingerprint density at radius 2 is 1.77 bits per heavy atom. The Balaban J connectivity index is 1.87. The van der Waals surface area contributed by atoms with Crippen LogP contribution in [0.5, 0.6) is 0 Å². The number of aromatic nitrogens is 2. The molecule has 0 atom stereocenters. The number of benzene rings is 1. The van der Waals surface area contributed by atoms with Gasteiger partial charge < -0.3 is 15.0 Å². The highest BCUT2D eigenvalue weighted by atomic mass is 16.5. The van der Waals surface area contributed by atoms with Gasteiger partial charge in [-0.3, -0.25) is 19.1 Å². The molecule has 0 saturated heterocycles. The largest absolute Gasteiger partial charge is 0.455 e. The summed E-state index contributed by atoms with van der Waals surface area (Å²) in [4.78, 5) is 37.6. The van der Waals surface area contributed by atoms with Crippen LogP contribution >= 0.6 is 0 Å². The van der Waals surface area contributed by atoms with E-state index in [1.54, 1.807) is 38.4 Å². The first kappa shape index (κ1) is 23.1. The summed E-state index contributed by atoms with van der Waals surface area (Å²) >= 11 is 0. The zero-order chi connectivity index (χ0) is 22.4. The molecule has 0 saturated carbocycles. The molecule has 1 heterocycles. The number of hydrogen-bond acceptors (Lipinski definition) is 5. The van der Waals surface area contributed by atoms with Crippen LogP contribution in [0.2, 0.25) is 0 Å². The standard InChI is InChI=1S/C22H30N4O4/c1-14(2)12-26-16(4)19(15(3)24-26)11-21(28)30-13-20(27)23-18-9-7-17(8-10-18)22(29)25(5)6/h7-10,14H,11-13H2,1-6H3,(H,23,27). The summed E-state index contributed by atoms with van der Waals surface area (Å²) in [5, 5.41) is 7.13. The second-order valence-electron chi connectivity index (χ2n) is 7.89. The molecule has 0 aliphatic heterocycles. The van der Waals surface area contributed by atoms with Crippen LogP contribution in [0.4, 0.5) is 5.69 Å². The van der Waals surface area contributed by atoms with Crippen molar-refractivity contribution in [2.75, 3.05) is 26.0 Å². The fourth-order valence-corrected chi connectivity index (χ4v) is 3.01. The van der Waals surface area contributed by atoms with Crippen LogP contribution in [-0.4, -0.2) is 53.2 Å². The number of amides is 2. The number of anilines is 1. The molecule has 0 radical (unpaired) electrons. The molecule has 8 heteroatoms. The van der Waals surface area contributed by atoms with Crippen LogP contribution in [0.1, 0.15) is 41.2 Å². The lowest BCUT2D eigenvalue weighted by atomic mass is 10.1. The van der Waals surface area contributed by atoms with Gasteiger partial charge in [-0.25, -0.2) is 0 Å². The van der Waals surface area contributed by atoms with Crippen molar-refractivity contribution < 1.29 is 19.1 Å². The van der Waals surface area contributed by atoms with Gasteiger partial charge in [0.05, 0.1) is 12.1 Å². The van der Waals surface area contributed by atoms with Gasteiger partial charge in [-0.2, -0.15) is 5.10 Å². The van der Waals surface area contributed by atoms with Gasteiger partial charge in [-0.05, 0) is 44.0 Å². The van der Waals surface area contributed by atoms with Gasteiger partial charge in [-0.1, -0.05) is 13.8 Å². The third-order valence-corrected chi connectivity index (χ3v) is 4.58. The Morgan fingerprint density at radius 3 is 2.33 bits per heavy atom. The highest BCUT2D eigenvalue weighted by molar-refractivity contribution is 5.96. The van der Waals surface area contributed by atoms with E-state index in [0.717, 1.165) is 23.5 Å². The summed E-state index contributed by atoms with van der Waals surface area (Å²) in [6, 6.07) is 6.52. The highest BCUT2D eigenvalue weighted by Crippen LogP contribution is 2.16. The molecule has 8 nitrogen and oxygen atoms in total. The SMILES string of the molecule is Cc1nn(CC(C)C)c(C)c1CC(=O)OCC(=O)Nc1ccc(C(=O)N(C)C)cc1. The molecule has 0 aliphatic rings. The molecular weight excluding hydrogens is 384 g/mol. The van der Waals surface area contributed by atoms with Gasteiger partial charge in [0.25, 0.3) is 11.8 Å². The average Bonchev–Trinajstić information content (AvgIpc) is 2.93. The Morgan fingerprint density at radius 1 is 1.13 bits per heavy atom. The van der Waals surface area contributed by atoms with E-state index in [4.69, 9.17) is 4.74 Å². The van der Waals surface area contributed by atoms with Crippen molar-refractivity contribution in [3.05, 3.63) is 46.8 Å². The molecule has 2 aromatic rings. The van der Waals surface area contributed by atoms with Crippen LogP contribution in [0.3, 0.4) is 0 Å². The molecule has 0 fully saturated rings. The fraction of sp³-hybridized carbons (Fsp3) is 0.455. The summed E-state index contributed by atoms with van der Waals surface area (Å²) in [5.41, 5.74) is 3.61. The topological polar surface area (TPSA) is 93.5 Å². The minimum Gasteiger partial charge on any atom is -0.455 e. The Hall–Kier alpha value is -3.16. The first-order chi connectivity index (χ1) is 14.1. The molecule has 2 amide bonds. The van der Waals surface area contributed by atoms with E-state index in [9.17, 15) is 14.4 Å². The van der Waals surface area contributed by atoms with Crippen molar-refractivity contribution in [3.63, 3.8) is 0 Å². The summed E-state index contributed by atoms with van der Waals surface area (Å²) in [6.45, 7) is 8.41. The van der Waals surface area contributed by atoms with Gasteiger partial charge in [-0.15, -0.1) is 0 Å². The van der Waals surface area contributed by atoms with Crippen LogP contribution in [-0.2, 0) is 27.3 Å². The molecule has 0 bridgehead atoms. The van der Waals surface area contributed by atoms with E-state index < -0.39 is 11.9 Å². The predicted octanol–water partition coefficient (Wildman–Crippen LogP) is 2.58. The van der Waals surface area contributed by atoms with Crippen molar-refractivity contribution in [1.29, 1.82) is 0 Å². The summed E-state index contributed by atoms with van der Waals surface area (Å²) < 4.78 is 7.03. The molecule has 1 aromatic carbocycles. The van der Waals surface area contributed by atoms with Gasteiger partial charge in [0.15, 0.2) is 6.61 Å². The number of hydrogen-bond donors (Lipinski definition) is 1. The predicted molar refractivity (Wildman–Crippen MR) is 114 cm³/mol. The number of esters is 1. The molecule has 30 heavy (non-hydrogen) atoms. The molecule has 1 aromatic heterocycles. The lowest BCUT2D eigenvalue weighted by molar-refractivity contribution is -0.146. The second-order valence-corrected chi connectivity index (χ2v) is 7.89. The van der Waals surface area contributed by atoms with Crippen molar-refractivity contribution in [3.8, 4) is 0 Å². The van der Waals surface area contributed by atoms with Crippen molar-refractivity contribution >= 4 is 23.5 Å². The minimum atomic E-state index is -0.479. The van der Waals surface area contributed by atoms with E-state index in [-0.39, 0.29) is 18.9 Å². The van der Waals surface area contributed by atoms with E-state index in [2.05, 4.69) is 24.3 Å². The van der Waals surface area contributed by atoms with Gasteiger partial charge >= 0.3 is 5.97 Å². The maximum absolute atomic E-state index is 12.2. The number of nitrogens with one attached hydrogen (secondary N) is 1. The highest BCUT2D eigenvalue weighted by Gasteiger charge is 2.17. The summed E-state index contributed by atoms with van der Waals surface area (Å²) in [7, 11) is 3.34. The van der Waals surface area contributed by atoms with Crippen LogP contribution in [0.25, 0.3) is 0 Å². The van der Waals surface area contributed by atoms with Gasteiger partial charge in [0.2, 0.25) is 0 Å². The molecule has 162 valence electrons. The molecule has 2 rings (SSSR count). The van der Waals surface area contributed by atoms with Crippen LogP contribution in [0, 0.1) is 19.8 Å². The van der Waals surface area contributed by atoms with Crippen molar-refractivity contribution in [2.24, 2.45) is 5.92 Å². The smallest absolute Gasteiger partial charge is 0.310 e.